The minimum Gasteiger partial charge on any atom is -0.494 e. The van der Waals surface area contributed by atoms with Gasteiger partial charge in [0.15, 0.2) is 0 Å². The van der Waals surface area contributed by atoms with Crippen LogP contribution in [0.15, 0.2) is 48.5 Å². The first-order chi connectivity index (χ1) is 12.5. The first-order valence-corrected chi connectivity index (χ1v) is 10.1. The minimum atomic E-state index is -2.57. The molecule has 140 valence electrons. The average molecular weight is 377 g/mol. The smallest absolute Gasteiger partial charge is 0.494 e. The van der Waals surface area contributed by atoms with E-state index in [1.54, 1.807) is 33.5 Å². The van der Waals surface area contributed by atoms with E-state index in [1.807, 2.05) is 24.3 Å². The van der Waals surface area contributed by atoms with Crippen LogP contribution >= 0.6 is 0 Å². The van der Waals surface area contributed by atoms with E-state index in [9.17, 15) is 10.1 Å². The lowest BCUT2D eigenvalue weighted by molar-refractivity contribution is -0.384. The number of hydrogen-bond acceptors (Lipinski definition) is 6. The molecule has 2 aromatic carbocycles. The number of nitro groups is 1. The second-order valence-electron chi connectivity index (χ2n) is 5.58. The van der Waals surface area contributed by atoms with E-state index in [2.05, 4.69) is 0 Å². The topological polar surface area (TPSA) is 80.1 Å². The summed E-state index contributed by atoms with van der Waals surface area (Å²) in [7, 11) is 2.20. The molecular formula is C18H23NO6Si. The van der Waals surface area contributed by atoms with Crippen LogP contribution in [0.25, 0.3) is 11.1 Å². The quantitative estimate of drug-likeness (QED) is 0.270. The molecule has 0 saturated carbocycles. The summed E-state index contributed by atoms with van der Waals surface area (Å²) in [5, 5.41) is 10.7. The molecule has 2 aromatic rings. The largest absolute Gasteiger partial charge is 0.500 e. The summed E-state index contributed by atoms with van der Waals surface area (Å²) < 4.78 is 22.0. The second-order valence-corrected chi connectivity index (χ2v) is 8.67. The predicted molar refractivity (Wildman–Crippen MR) is 100 cm³/mol. The van der Waals surface area contributed by atoms with Crippen molar-refractivity contribution in [3.63, 3.8) is 0 Å². The molecular weight excluding hydrogens is 354 g/mol. The van der Waals surface area contributed by atoms with Crippen LogP contribution in [0.3, 0.4) is 0 Å². The highest BCUT2D eigenvalue weighted by molar-refractivity contribution is 6.60. The highest BCUT2D eigenvalue weighted by Gasteiger charge is 2.36. The van der Waals surface area contributed by atoms with Crippen molar-refractivity contribution < 1.29 is 22.9 Å². The lowest BCUT2D eigenvalue weighted by Crippen LogP contribution is -2.42. The second kappa shape index (κ2) is 9.44. The van der Waals surface area contributed by atoms with Gasteiger partial charge < -0.3 is 18.0 Å². The van der Waals surface area contributed by atoms with Crippen molar-refractivity contribution in [2.75, 3.05) is 27.9 Å². The molecule has 0 saturated heterocycles. The molecule has 0 aliphatic heterocycles. The van der Waals surface area contributed by atoms with Gasteiger partial charge in [0.25, 0.3) is 5.69 Å². The van der Waals surface area contributed by atoms with Crippen molar-refractivity contribution >= 4 is 14.5 Å². The molecule has 0 fully saturated rings. The van der Waals surface area contributed by atoms with Crippen molar-refractivity contribution in [3.05, 3.63) is 58.6 Å². The zero-order valence-corrected chi connectivity index (χ0v) is 16.1. The van der Waals surface area contributed by atoms with Crippen LogP contribution in [-0.4, -0.2) is 41.7 Å². The van der Waals surface area contributed by atoms with Gasteiger partial charge in [0.05, 0.1) is 11.5 Å². The van der Waals surface area contributed by atoms with E-state index in [-0.39, 0.29) is 5.69 Å². The van der Waals surface area contributed by atoms with Crippen LogP contribution in [-0.2, 0) is 13.3 Å². The van der Waals surface area contributed by atoms with Gasteiger partial charge in [-0.05, 0) is 41.8 Å². The minimum absolute atomic E-state index is 0.0724. The van der Waals surface area contributed by atoms with Gasteiger partial charge in [-0.2, -0.15) is 0 Å². The van der Waals surface area contributed by atoms with E-state index < -0.39 is 13.7 Å². The number of rotatable bonds is 10. The molecule has 0 radical (unpaired) electrons. The summed E-state index contributed by atoms with van der Waals surface area (Å²) in [4.78, 5) is 10.3. The number of hydrogen-bond donors (Lipinski definition) is 0. The maximum absolute atomic E-state index is 10.7. The molecule has 26 heavy (non-hydrogen) atoms. The lowest BCUT2D eigenvalue weighted by atomic mass is 10.1. The van der Waals surface area contributed by atoms with Gasteiger partial charge >= 0.3 is 8.80 Å². The third-order valence-electron chi connectivity index (χ3n) is 4.07. The maximum atomic E-state index is 10.7. The number of nitro benzene ring substituents is 1. The van der Waals surface area contributed by atoms with Crippen LogP contribution in [0.5, 0.6) is 5.75 Å². The average Bonchev–Trinajstić information content (AvgIpc) is 2.69. The first-order valence-electron chi connectivity index (χ1n) is 8.16. The third kappa shape index (κ3) is 5.12. The van der Waals surface area contributed by atoms with Crippen LogP contribution in [0.1, 0.15) is 6.42 Å². The summed E-state index contributed by atoms with van der Waals surface area (Å²) in [5.41, 5.74) is 1.90. The predicted octanol–water partition coefficient (Wildman–Crippen LogP) is 3.91. The zero-order chi connectivity index (χ0) is 19.0. The standard InChI is InChI=1S/C18H23NO6Si/c1-22-26(23-2,24-3)13-5-12-25-18-7-4-6-16(14-18)15-8-10-17(11-9-15)19(20)21/h4,6-11,14H,5,12-13H2,1-3H3. The van der Waals surface area contributed by atoms with Crippen LogP contribution in [0.2, 0.25) is 6.04 Å². The molecule has 8 heteroatoms. The Bertz CT molecular complexity index is 710. The van der Waals surface area contributed by atoms with Gasteiger partial charge in [-0.3, -0.25) is 10.1 Å². The molecule has 2 rings (SSSR count). The highest BCUT2D eigenvalue weighted by Crippen LogP contribution is 2.26. The molecule has 0 atom stereocenters. The Morgan fingerprint density at radius 2 is 1.62 bits per heavy atom. The molecule has 0 aliphatic carbocycles. The van der Waals surface area contributed by atoms with E-state index in [0.29, 0.717) is 12.7 Å². The fourth-order valence-corrected chi connectivity index (χ4v) is 4.27. The first kappa shape index (κ1) is 20.1. The highest BCUT2D eigenvalue weighted by atomic mass is 28.4. The molecule has 0 N–H and O–H groups in total. The molecule has 0 aromatic heterocycles. The molecule has 0 amide bonds. The fraction of sp³-hybridized carbons (Fsp3) is 0.333. The molecule has 0 aliphatic rings. The summed E-state index contributed by atoms with van der Waals surface area (Å²) in [6.45, 7) is 0.508. The van der Waals surface area contributed by atoms with Gasteiger partial charge in [-0.15, -0.1) is 0 Å². The monoisotopic (exact) mass is 377 g/mol. The number of benzene rings is 2. The van der Waals surface area contributed by atoms with Crippen LogP contribution in [0, 0.1) is 10.1 Å². The van der Waals surface area contributed by atoms with Gasteiger partial charge in [0, 0.05) is 39.5 Å². The molecule has 7 nitrogen and oxygen atoms in total. The zero-order valence-electron chi connectivity index (χ0n) is 15.1. The molecule has 0 bridgehead atoms. The fourth-order valence-electron chi connectivity index (χ4n) is 2.58. The van der Waals surface area contributed by atoms with E-state index >= 15 is 0 Å². The van der Waals surface area contributed by atoms with Crippen molar-refractivity contribution in [3.8, 4) is 16.9 Å². The summed E-state index contributed by atoms with van der Waals surface area (Å²) in [5.74, 6) is 0.736. The summed E-state index contributed by atoms with van der Waals surface area (Å²) >= 11 is 0. The Morgan fingerprint density at radius 3 is 2.19 bits per heavy atom. The van der Waals surface area contributed by atoms with Gasteiger partial charge in [-0.1, -0.05) is 12.1 Å². The number of ether oxygens (including phenoxy) is 1. The van der Waals surface area contributed by atoms with Crippen LogP contribution < -0.4 is 4.74 Å². The summed E-state index contributed by atoms with van der Waals surface area (Å²) in [6.07, 6.45) is 0.740. The van der Waals surface area contributed by atoms with Crippen molar-refractivity contribution in [1.82, 2.24) is 0 Å². The van der Waals surface area contributed by atoms with Crippen molar-refractivity contribution in [2.45, 2.75) is 12.5 Å². The van der Waals surface area contributed by atoms with Crippen molar-refractivity contribution in [2.24, 2.45) is 0 Å². The molecule has 0 heterocycles. The molecule has 0 spiro atoms. The normalized spacial score (nSPS) is 11.3. The Balaban J connectivity index is 1.96. The Kier molecular flexibility index (Phi) is 7.28. The lowest BCUT2D eigenvalue weighted by Gasteiger charge is -2.24. The maximum Gasteiger partial charge on any atom is 0.500 e. The van der Waals surface area contributed by atoms with Crippen LogP contribution in [0.4, 0.5) is 5.69 Å². The number of non-ortho nitro benzene ring substituents is 1. The van der Waals surface area contributed by atoms with E-state index in [1.165, 1.54) is 12.1 Å². The third-order valence-corrected chi connectivity index (χ3v) is 6.91. The SMILES string of the molecule is CO[Si](CCCOc1cccc(-c2ccc([N+](=O)[O-])cc2)c1)(OC)OC. The van der Waals surface area contributed by atoms with Crippen molar-refractivity contribution in [1.29, 1.82) is 0 Å². The van der Waals surface area contributed by atoms with Gasteiger partial charge in [0.1, 0.15) is 5.75 Å². The van der Waals surface area contributed by atoms with Gasteiger partial charge in [-0.25, -0.2) is 0 Å². The van der Waals surface area contributed by atoms with E-state index in [0.717, 1.165) is 23.3 Å². The Labute approximate surface area is 154 Å². The summed E-state index contributed by atoms with van der Waals surface area (Å²) in [6, 6.07) is 14.7. The number of nitrogens with zero attached hydrogens (tertiary/aromatic N) is 1. The Hall–Kier alpha value is -2.26. The molecule has 0 unspecified atom stereocenters. The van der Waals surface area contributed by atoms with E-state index in [4.69, 9.17) is 18.0 Å². The Morgan fingerprint density at radius 1 is 0.962 bits per heavy atom. The van der Waals surface area contributed by atoms with Gasteiger partial charge in [0.2, 0.25) is 0 Å².